The van der Waals surface area contributed by atoms with E-state index in [9.17, 15) is 4.39 Å². The Morgan fingerprint density at radius 3 is 1.75 bits per heavy atom. The molecule has 0 aromatic rings. The molecule has 0 atom stereocenters. The van der Waals surface area contributed by atoms with E-state index in [0.717, 1.165) is 0 Å². The van der Waals surface area contributed by atoms with E-state index in [4.69, 9.17) is 4.79 Å². The van der Waals surface area contributed by atoms with E-state index in [1.165, 1.54) is 0 Å². The Kier molecular flexibility index (Phi) is 29.6. The van der Waals surface area contributed by atoms with Gasteiger partial charge in [-0.1, -0.05) is 0 Å². The van der Waals surface area contributed by atoms with Crippen LogP contribution in [-0.2, 0) is 4.79 Å². The third kappa shape index (κ3) is 124. The number of hydrogen-bond donors (Lipinski definition) is 0. The van der Waals surface area contributed by atoms with Crippen LogP contribution in [0, 0.1) is 0 Å². The molecule has 3 heteroatoms. The number of hydrogen-bond acceptors (Lipinski definition) is 1. The average molecular weight is 84.5 g/mol. The first kappa shape index (κ1) is 9.10. The molecule has 0 bridgehead atoms. The highest BCUT2D eigenvalue weighted by atomic mass is 35.5. The number of carbonyl (C=O) groups is 1. The molecule has 0 saturated heterocycles. The van der Waals surface area contributed by atoms with Crippen LogP contribution in [0.4, 0.5) is 4.39 Å². The van der Waals surface area contributed by atoms with Crippen molar-refractivity contribution < 1.29 is 9.18 Å². The minimum absolute atomic E-state index is 0. The summed E-state index contributed by atoms with van der Waals surface area (Å²) in [6.07, 6.45) is 0. The Hall–Kier alpha value is -0.110. The lowest BCUT2D eigenvalue weighted by atomic mass is 11.8. The summed E-state index contributed by atoms with van der Waals surface area (Å²) in [5, 5.41) is 0. The molecule has 0 aromatic heterocycles. The largest absolute Gasteiger partial charge is 0.289 e. The van der Waals surface area contributed by atoms with Gasteiger partial charge in [0.2, 0.25) is 0 Å². The molecule has 0 N–H and O–H groups in total. The van der Waals surface area contributed by atoms with Crippen LogP contribution in [0.1, 0.15) is 0 Å². The number of halogens is 2. The average Bonchev–Trinajstić information content (AvgIpc) is 0.918. The van der Waals surface area contributed by atoms with Gasteiger partial charge in [-0.25, -0.2) is 0 Å². The third-order valence-corrected chi connectivity index (χ3v) is 0. The van der Waals surface area contributed by atoms with Gasteiger partial charge in [-0.05, 0) is 0 Å². The Morgan fingerprint density at radius 2 is 1.75 bits per heavy atom. The van der Waals surface area contributed by atoms with E-state index in [0.29, 0.717) is 0 Å². The second-order valence-corrected chi connectivity index (χ2v) is 0.0891. The molecule has 0 aliphatic carbocycles. The smallest absolute Gasteiger partial charge is 0.265 e. The van der Waals surface area contributed by atoms with Gasteiger partial charge in [-0.2, -0.15) is 4.39 Å². The summed E-state index contributed by atoms with van der Waals surface area (Å²) < 4.78 is 9.61. The Bertz CT molecular complexity index is 15.5. The maximum Gasteiger partial charge on any atom is 0.289 e. The van der Waals surface area contributed by atoms with Gasteiger partial charge in [0.1, 0.15) is 0 Å². The molecule has 0 heterocycles. The van der Waals surface area contributed by atoms with Crippen molar-refractivity contribution in [3.63, 3.8) is 0 Å². The van der Waals surface area contributed by atoms with Gasteiger partial charge in [-0.3, -0.25) is 4.79 Å². The highest BCUT2D eigenvalue weighted by Gasteiger charge is 1.29. The summed E-state index contributed by atoms with van der Waals surface area (Å²) in [5.74, 6) is 0. The molecular formula is CH2ClFO. The zero-order valence-corrected chi connectivity index (χ0v) is 2.59. The van der Waals surface area contributed by atoms with Crippen molar-refractivity contribution in [3.05, 3.63) is 0 Å². The van der Waals surface area contributed by atoms with Crippen LogP contribution < -0.4 is 0 Å². The van der Waals surface area contributed by atoms with Gasteiger partial charge in [0.15, 0.2) is 0 Å². The van der Waals surface area contributed by atoms with Crippen LogP contribution in [0.5, 0.6) is 0 Å². The molecule has 26 valence electrons. The lowest BCUT2D eigenvalue weighted by Gasteiger charge is -1.21. The SMILES string of the molecule is Cl.O=CF. The Balaban J connectivity index is 0. The Morgan fingerprint density at radius 1 is 1.75 bits per heavy atom. The van der Waals surface area contributed by atoms with Gasteiger partial charge >= 0.3 is 0 Å². The van der Waals surface area contributed by atoms with E-state index in [1.807, 2.05) is 0 Å². The van der Waals surface area contributed by atoms with Crippen molar-refractivity contribution in [3.8, 4) is 0 Å². The summed E-state index contributed by atoms with van der Waals surface area (Å²) in [5.41, 5.74) is 0. The van der Waals surface area contributed by atoms with Gasteiger partial charge in [0, 0.05) is 0 Å². The van der Waals surface area contributed by atoms with E-state index in [-0.39, 0.29) is 12.4 Å². The van der Waals surface area contributed by atoms with Crippen molar-refractivity contribution in [1.29, 1.82) is 0 Å². The first-order chi connectivity index (χ1) is 1.41. The summed E-state index contributed by atoms with van der Waals surface area (Å²) in [6.45, 7) is -0.750. The van der Waals surface area contributed by atoms with E-state index < -0.39 is 6.54 Å². The van der Waals surface area contributed by atoms with Crippen molar-refractivity contribution in [2.75, 3.05) is 0 Å². The fourth-order valence-electron chi connectivity index (χ4n) is 0. The second kappa shape index (κ2) is 13.0. The first-order valence-electron chi connectivity index (χ1n) is 0.454. The minimum atomic E-state index is -0.750. The second-order valence-electron chi connectivity index (χ2n) is 0.0891. The topological polar surface area (TPSA) is 17.1 Å². The molecule has 4 heavy (non-hydrogen) atoms. The molecular weight excluding hydrogens is 82.5 g/mol. The maximum absolute atomic E-state index is 9.61. The predicted octanol–water partition coefficient (Wildman–Crippen LogP) is 0.568. The highest BCUT2D eigenvalue weighted by molar-refractivity contribution is 5.85. The van der Waals surface area contributed by atoms with Crippen molar-refractivity contribution in [2.24, 2.45) is 0 Å². The van der Waals surface area contributed by atoms with Crippen LogP contribution in [-0.4, -0.2) is 6.54 Å². The molecule has 0 saturated carbocycles. The molecule has 0 unspecified atom stereocenters. The standard InChI is InChI=1S/CHFO.ClH/c2-1-3;/h1H;1H. The highest BCUT2D eigenvalue weighted by Crippen LogP contribution is 1.27. The van der Waals surface area contributed by atoms with E-state index in [1.54, 1.807) is 0 Å². The monoisotopic (exact) mass is 84.0 g/mol. The zero-order chi connectivity index (χ0) is 2.71. The zero-order valence-electron chi connectivity index (χ0n) is 1.77. The molecule has 0 amide bonds. The van der Waals surface area contributed by atoms with E-state index in [2.05, 4.69) is 0 Å². The lowest BCUT2D eigenvalue weighted by Crippen LogP contribution is -1.29. The fourth-order valence-corrected chi connectivity index (χ4v) is 0. The molecule has 0 radical (unpaired) electrons. The summed E-state index contributed by atoms with van der Waals surface area (Å²) in [4.78, 5) is 8.14. The van der Waals surface area contributed by atoms with Crippen molar-refractivity contribution in [2.45, 2.75) is 0 Å². The van der Waals surface area contributed by atoms with E-state index >= 15 is 0 Å². The van der Waals surface area contributed by atoms with Crippen molar-refractivity contribution in [1.82, 2.24) is 0 Å². The maximum atomic E-state index is 9.61. The van der Waals surface area contributed by atoms with Crippen LogP contribution in [0.2, 0.25) is 0 Å². The Labute approximate surface area is 29.2 Å². The normalized spacial score (nSPS) is 3.25. The van der Waals surface area contributed by atoms with Crippen molar-refractivity contribution >= 4 is 18.9 Å². The fraction of sp³-hybridized carbons (Fsp3) is 0. The van der Waals surface area contributed by atoms with Crippen LogP contribution >= 0.6 is 12.4 Å². The number of carbonyl (C=O) groups excluding carboxylic acids is 1. The van der Waals surface area contributed by atoms with Gasteiger partial charge < -0.3 is 0 Å². The minimum Gasteiger partial charge on any atom is -0.265 e. The van der Waals surface area contributed by atoms with Gasteiger partial charge in [-0.15, -0.1) is 12.4 Å². The lowest BCUT2D eigenvalue weighted by molar-refractivity contribution is 0.510. The van der Waals surface area contributed by atoms with Crippen LogP contribution in [0.3, 0.4) is 0 Å². The summed E-state index contributed by atoms with van der Waals surface area (Å²) in [6, 6.07) is 0. The molecule has 1 nitrogen and oxygen atoms in total. The first-order valence-corrected chi connectivity index (χ1v) is 0.454. The predicted molar refractivity (Wildman–Crippen MR) is 15.1 cm³/mol. The molecule has 0 aromatic carbocycles. The van der Waals surface area contributed by atoms with Gasteiger partial charge in [0.05, 0.1) is 0 Å². The molecule has 0 aliphatic rings. The third-order valence-electron chi connectivity index (χ3n) is 0. The quantitative estimate of drug-likeness (QED) is 0.310. The molecule has 0 fully saturated rings. The number of rotatable bonds is 0. The molecule has 0 aliphatic heterocycles. The van der Waals surface area contributed by atoms with Gasteiger partial charge in [0.25, 0.3) is 6.54 Å². The summed E-state index contributed by atoms with van der Waals surface area (Å²) in [7, 11) is 0. The molecule has 0 spiro atoms. The van der Waals surface area contributed by atoms with Crippen LogP contribution in [0.25, 0.3) is 0 Å². The van der Waals surface area contributed by atoms with Crippen LogP contribution in [0.15, 0.2) is 0 Å². The molecule has 0 rings (SSSR count). The summed E-state index contributed by atoms with van der Waals surface area (Å²) >= 11 is 0.